The molecule has 2 fully saturated rings. The predicted octanol–water partition coefficient (Wildman–Crippen LogP) is 1.13. The Balaban J connectivity index is 1.57. The van der Waals surface area contributed by atoms with Crippen LogP contribution in [0.5, 0.6) is 0 Å². The highest BCUT2D eigenvalue weighted by Gasteiger charge is 2.27. The molecule has 0 atom stereocenters. The highest BCUT2D eigenvalue weighted by atomic mass is 32.2. The summed E-state index contributed by atoms with van der Waals surface area (Å²) in [5.41, 5.74) is 2.23. The molecule has 1 amide bonds. The van der Waals surface area contributed by atoms with Crippen molar-refractivity contribution in [2.45, 2.75) is 4.90 Å². The van der Waals surface area contributed by atoms with Gasteiger partial charge in [-0.1, -0.05) is 18.2 Å². The fraction of sp³-hybridized carbons (Fsp3) is 0.381. The Morgan fingerprint density at radius 3 is 2.17 bits per heavy atom. The normalized spacial score (nSPS) is 17.8. The van der Waals surface area contributed by atoms with Gasteiger partial charge in [0.15, 0.2) is 0 Å². The molecule has 4 rings (SSSR count). The molecule has 2 aliphatic rings. The molecule has 0 radical (unpaired) electrons. The number of rotatable bonds is 4. The number of piperazine rings is 1. The highest BCUT2D eigenvalue weighted by molar-refractivity contribution is 7.89. The third-order valence-electron chi connectivity index (χ3n) is 5.57. The molecule has 2 heterocycles. The monoisotopic (exact) mass is 430 g/mol. The van der Waals surface area contributed by atoms with Gasteiger partial charge in [-0.15, -0.1) is 0 Å². The Morgan fingerprint density at radius 1 is 0.867 bits per heavy atom. The second-order valence-corrected chi connectivity index (χ2v) is 9.00. The number of anilines is 2. The van der Waals surface area contributed by atoms with E-state index in [1.54, 1.807) is 11.0 Å². The minimum absolute atomic E-state index is 0.0502. The lowest BCUT2D eigenvalue weighted by Gasteiger charge is -2.37. The summed E-state index contributed by atoms with van der Waals surface area (Å²) < 4.78 is 29.2. The number of primary sulfonamides is 1. The molecule has 0 saturated carbocycles. The number of hydrogen-bond donors (Lipinski definition) is 1. The fourth-order valence-corrected chi connectivity index (χ4v) is 4.46. The Morgan fingerprint density at radius 2 is 1.53 bits per heavy atom. The van der Waals surface area contributed by atoms with Crippen LogP contribution in [0.1, 0.15) is 10.4 Å². The molecule has 0 bridgehead atoms. The molecular weight excluding hydrogens is 404 g/mol. The minimum atomic E-state index is -3.90. The number of carbonyl (C=O) groups is 1. The topological polar surface area (TPSA) is 96.2 Å². The summed E-state index contributed by atoms with van der Waals surface area (Å²) in [5.74, 6) is -0.172. The van der Waals surface area contributed by atoms with Gasteiger partial charge in [-0.2, -0.15) is 0 Å². The second-order valence-electron chi connectivity index (χ2n) is 7.44. The Labute approximate surface area is 176 Å². The lowest BCUT2D eigenvalue weighted by Crippen LogP contribution is -2.49. The van der Waals surface area contributed by atoms with Crippen LogP contribution in [0.25, 0.3) is 0 Å². The van der Waals surface area contributed by atoms with E-state index in [0.717, 1.165) is 24.5 Å². The Kier molecular flexibility index (Phi) is 5.94. The van der Waals surface area contributed by atoms with Gasteiger partial charge in [-0.05, 0) is 30.3 Å². The van der Waals surface area contributed by atoms with Crippen LogP contribution < -0.4 is 14.9 Å². The smallest absolute Gasteiger partial charge is 0.256 e. The first kappa shape index (κ1) is 20.6. The van der Waals surface area contributed by atoms with Crippen molar-refractivity contribution in [1.29, 1.82) is 0 Å². The van der Waals surface area contributed by atoms with Crippen molar-refractivity contribution in [2.24, 2.45) is 5.14 Å². The molecule has 0 aromatic heterocycles. The number of morpholine rings is 1. The molecule has 8 nitrogen and oxygen atoms in total. The molecule has 2 aliphatic heterocycles. The first-order valence-corrected chi connectivity index (χ1v) is 11.6. The van der Waals surface area contributed by atoms with Gasteiger partial charge >= 0.3 is 0 Å². The third-order valence-corrected chi connectivity index (χ3v) is 6.48. The van der Waals surface area contributed by atoms with Crippen LogP contribution >= 0.6 is 0 Å². The van der Waals surface area contributed by atoms with Crippen molar-refractivity contribution >= 4 is 27.3 Å². The van der Waals surface area contributed by atoms with E-state index in [4.69, 9.17) is 9.88 Å². The van der Waals surface area contributed by atoms with E-state index in [1.807, 2.05) is 18.2 Å². The highest BCUT2D eigenvalue weighted by Crippen LogP contribution is 2.27. The number of nitrogens with zero attached hydrogens (tertiary/aromatic N) is 3. The number of sulfonamides is 1. The van der Waals surface area contributed by atoms with Crippen molar-refractivity contribution in [3.05, 3.63) is 54.1 Å². The maximum Gasteiger partial charge on any atom is 0.256 e. The summed E-state index contributed by atoms with van der Waals surface area (Å²) >= 11 is 0. The zero-order chi connectivity index (χ0) is 21.1. The van der Waals surface area contributed by atoms with Crippen LogP contribution in [0.2, 0.25) is 0 Å². The Bertz CT molecular complexity index is 999. The first-order valence-electron chi connectivity index (χ1n) is 10.0. The van der Waals surface area contributed by atoms with Crippen LogP contribution in [0.4, 0.5) is 11.4 Å². The number of benzene rings is 2. The largest absolute Gasteiger partial charge is 0.378 e. The maximum absolute atomic E-state index is 13.4. The zero-order valence-corrected chi connectivity index (χ0v) is 17.6. The first-order chi connectivity index (χ1) is 14.4. The molecule has 9 heteroatoms. The molecule has 2 N–H and O–H groups in total. The molecular formula is C21H26N4O4S. The van der Waals surface area contributed by atoms with Gasteiger partial charge in [0.05, 0.1) is 23.7 Å². The van der Waals surface area contributed by atoms with E-state index < -0.39 is 10.0 Å². The van der Waals surface area contributed by atoms with Gasteiger partial charge in [0, 0.05) is 50.6 Å². The number of hydrogen-bond acceptors (Lipinski definition) is 6. The molecule has 0 aliphatic carbocycles. The van der Waals surface area contributed by atoms with Crippen molar-refractivity contribution in [2.75, 3.05) is 62.3 Å². The van der Waals surface area contributed by atoms with E-state index >= 15 is 0 Å². The maximum atomic E-state index is 13.4. The van der Waals surface area contributed by atoms with Gasteiger partial charge in [-0.25, -0.2) is 13.6 Å². The van der Waals surface area contributed by atoms with Gasteiger partial charge in [0.1, 0.15) is 0 Å². The number of ether oxygens (including phenoxy) is 1. The molecule has 2 aromatic carbocycles. The lowest BCUT2D eigenvalue weighted by atomic mass is 10.1. The van der Waals surface area contributed by atoms with Gasteiger partial charge < -0.3 is 19.4 Å². The molecule has 160 valence electrons. The summed E-state index contributed by atoms with van der Waals surface area (Å²) in [5, 5.41) is 5.32. The third kappa shape index (κ3) is 4.43. The van der Waals surface area contributed by atoms with Crippen LogP contribution in [-0.4, -0.2) is 71.7 Å². The second kappa shape index (κ2) is 8.63. The lowest BCUT2D eigenvalue weighted by molar-refractivity contribution is 0.0746. The molecule has 2 aromatic rings. The summed E-state index contributed by atoms with van der Waals surface area (Å²) in [6, 6.07) is 14.7. The van der Waals surface area contributed by atoms with E-state index in [1.165, 1.54) is 12.1 Å². The van der Waals surface area contributed by atoms with Crippen molar-refractivity contribution in [3.8, 4) is 0 Å². The van der Waals surface area contributed by atoms with E-state index in [0.29, 0.717) is 45.0 Å². The number of para-hydroxylation sites is 1. The standard InChI is InChI=1S/C21H26N4O4S/c22-30(27,28)18-6-7-20(24-12-14-29-15-13-24)19(16-18)21(26)25-10-8-23(9-11-25)17-4-2-1-3-5-17/h1-7,16H,8-15H2,(H2,22,27,28). The summed E-state index contributed by atoms with van der Waals surface area (Å²) in [6.07, 6.45) is 0. The van der Waals surface area contributed by atoms with Gasteiger partial charge in [-0.3, -0.25) is 4.79 Å². The molecule has 30 heavy (non-hydrogen) atoms. The van der Waals surface area contributed by atoms with E-state index in [2.05, 4.69) is 21.9 Å². The van der Waals surface area contributed by atoms with Crippen LogP contribution in [0, 0.1) is 0 Å². The average Bonchev–Trinajstić information content (AvgIpc) is 2.79. The quantitative estimate of drug-likeness (QED) is 0.781. The van der Waals surface area contributed by atoms with Gasteiger partial charge in [0.25, 0.3) is 5.91 Å². The zero-order valence-electron chi connectivity index (χ0n) is 16.7. The molecule has 2 saturated heterocycles. The van der Waals surface area contributed by atoms with Crippen LogP contribution in [0.15, 0.2) is 53.4 Å². The number of nitrogens with two attached hydrogens (primary N) is 1. The SMILES string of the molecule is NS(=O)(=O)c1ccc(N2CCOCC2)c(C(=O)N2CCN(c3ccccc3)CC2)c1. The van der Waals surface area contributed by atoms with Crippen molar-refractivity contribution in [1.82, 2.24) is 4.90 Å². The van der Waals surface area contributed by atoms with E-state index in [-0.39, 0.29) is 10.8 Å². The number of carbonyl (C=O) groups excluding carboxylic acids is 1. The number of amides is 1. The van der Waals surface area contributed by atoms with Crippen molar-refractivity contribution in [3.63, 3.8) is 0 Å². The van der Waals surface area contributed by atoms with Crippen LogP contribution in [-0.2, 0) is 14.8 Å². The van der Waals surface area contributed by atoms with Gasteiger partial charge in [0.2, 0.25) is 10.0 Å². The fourth-order valence-electron chi connectivity index (χ4n) is 3.92. The molecule has 0 spiro atoms. The predicted molar refractivity (Wildman–Crippen MR) is 115 cm³/mol. The molecule has 0 unspecified atom stereocenters. The summed E-state index contributed by atoms with van der Waals surface area (Å²) in [6.45, 7) is 5.01. The van der Waals surface area contributed by atoms with Crippen molar-refractivity contribution < 1.29 is 17.9 Å². The minimum Gasteiger partial charge on any atom is -0.378 e. The summed E-state index contributed by atoms with van der Waals surface area (Å²) in [4.78, 5) is 19.4. The summed E-state index contributed by atoms with van der Waals surface area (Å²) in [7, 11) is -3.90. The van der Waals surface area contributed by atoms with E-state index in [9.17, 15) is 13.2 Å². The van der Waals surface area contributed by atoms with Crippen LogP contribution in [0.3, 0.4) is 0 Å². The average molecular weight is 431 g/mol. The Hall–Kier alpha value is -2.62.